The van der Waals surface area contributed by atoms with E-state index in [4.69, 9.17) is 26.8 Å². The van der Waals surface area contributed by atoms with Gasteiger partial charge >= 0.3 is 5.97 Å². The van der Waals surface area contributed by atoms with Gasteiger partial charge in [-0.1, -0.05) is 11.6 Å². The van der Waals surface area contributed by atoms with E-state index in [1.807, 2.05) is 0 Å². The second-order valence-electron chi connectivity index (χ2n) is 4.72. The Kier molecular flexibility index (Phi) is 5.03. The average Bonchev–Trinajstić information content (AvgIpc) is 2.47. The maximum absolute atomic E-state index is 12.1. The highest BCUT2D eigenvalue weighted by atomic mass is 35.5. The van der Waals surface area contributed by atoms with Crippen LogP contribution in [-0.2, 0) is 14.3 Å². The number of carbonyl (C=O) groups is 2. The quantitative estimate of drug-likeness (QED) is 0.672. The molecule has 1 unspecified atom stereocenters. The molecule has 1 aromatic rings. The third kappa shape index (κ3) is 3.86. The predicted molar refractivity (Wildman–Crippen MR) is 78.1 cm³/mol. The van der Waals surface area contributed by atoms with Gasteiger partial charge in [-0.2, -0.15) is 0 Å². The van der Waals surface area contributed by atoms with Crippen LogP contribution in [0.4, 0.5) is 5.69 Å². The summed E-state index contributed by atoms with van der Waals surface area (Å²) in [5.41, 5.74) is 6.21. The third-order valence-corrected chi connectivity index (χ3v) is 3.48. The molecule has 0 aromatic heterocycles. The van der Waals surface area contributed by atoms with Gasteiger partial charge in [-0.15, -0.1) is 0 Å². The van der Waals surface area contributed by atoms with E-state index in [9.17, 15) is 9.59 Å². The molecule has 21 heavy (non-hydrogen) atoms. The first-order valence-electron chi connectivity index (χ1n) is 6.61. The van der Waals surface area contributed by atoms with Crippen LogP contribution >= 0.6 is 11.6 Å². The Morgan fingerprint density at radius 1 is 1.38 bits per heavy atom. The maximum Gasteiger partial charge on any atom is 0.340 e. The van der Waals surface area contributed by atoms with Gasteiger partial charge in [0.15, 0.2) is 6.10 Å². The van der Waals surface area contributed by atoms with Crippen molar-refractivity contribution in [1.29, 1.82) is 0 Å². The first-order valence-corrected chi connectivity index (χ1v) is 6.99. The van der Waals surface area contributed by atoms with Crippen molar-refractivity contribution in [2.24, 2.45) is 0 Å². The van der Waals surface area contributed by atoms with Crippen LogP contribution in [0.2, 0.25) is 5.02 Å². The number of rotatable bonds is 3. The summed E-state index contributed by atoms with van der Waals surface area (Å²) in [7, 11) is 0. The van der Waals surface area contributed by atoms with E-state index >= 15 is 0 Å². The number of amides is 1. The highest BCUT2D eigenvalue weighted by Gasteiger charge is 2.26. The highest BCUT2D eigenvalue weighted by Crippen LogP contribution is 2.20. The molecular weight excluding hydrogens is 296 g/mol. The molecule has 0 radical (unpaired) electrons. The summed E-state index contributed by atoms with van der Waals surface area (Å²) in [5.74, 6) is -0.882. The number of hydrogen-bond donors (Lipinski definition) is 1. The zero-order valence-electron chi connectivity index (χ0n) is 11.7. The summed E-state index contributed by atoms with van der Waals surface area (Å²) in [6.07, 6.45) is -0.871. The van der Waals surface area contributed by atoms with Gasteiger partial charge in [0, 0.05) is 18.8 Å². The molecule has 1 saturated heterocycles. The van der Waals surface area contributed by atoms with Gasteiger partial charge in [-0.05, 0) is 25.1 Å². The number of nitrogen functional groups attached to an aromatic ring is 1. The Morgan fingerprint density at radius 2 is 2.05 bits per heavy atom. The third-order valence-electron chi connectivity index (χ3n) is 3.17. The van der Waals surface area contributed by atoms with E-state index in [0.717, 1.165) is 0 Å². The average molecular weight is 313 g/mol. The molecule has 1 aliphatic heterocycles. The molecule has 6 nitrogen and oxygen atoms in total. The number of anilines is 1. The summed E-state index contributed by atoms with van der Waals surface area (Å²) in [6.45, 7) is 3.54. The van der Waals surface area contributed by atoms with Gasteiger partial charge in [0.25, 0.3) is 5.91 Å². The smallest absolute Gasteiger partial charge is 0.340 e. The number of halogens is 1. The number of carbonyl (C=O) groups excluding carboxylic acids is 2. The van der Waals surface area contributed by atoms with E-state index in [-0.39, 0.29) is 16.5 Å². The molecule has 0 aliphatic carbocycles. The minimum absolute atomic E-state index is 0.187. The van der Waals surface area contributed by atoms with Crippen LogP contribution < -0.4 is 5.73 Å². The van der Waals surface area contributed by atoms with Crippen LogP contribution in [0.3, 0.4) is 0 Å². The number of hydrogen-bond acceptors (Lipinski definition) is 5. The second kappa shape index (κ2) is 6.78. The molecule has 7 heteroatoms. The molecule has 1 aromatic carbocycles. The lowest BCUT2D eigenvalue weighted by Gasteiger charge is -2.29. The fraction of sp³-hybridized carbons (Fsp3) is 0.429. The van der Waals surface area contributed by atoms with Gasteiger partial charge < -0.3 is 20.1 Å². The second-order valence-corrected chi connectivity index (χ2v) is 5.13. The Bertz CT molecular complexity index is 544. The number of nitrogens with two attached hydrogens (primary N) is 1. The summed E-state index contributed by atoms with van der Waals surface area (Å²) in [4.78, 5) is 25.8. The molecule has 0 bridgehead atoms. The molecule has 2 N–H and O–H groups in total. The molecule has 2 rings (SSSR count). The normalized spacial score (nSPS) is 16.4. The standard InChI is InChI=1S/C14H17ClN2O4/c1-9(13(18)17-4-6-20-7-5-17)21-14(19)11-3-2-10(16)8-12(11)15/h2-3,8-9H,4-7,16H2,1H3. The molecule has 1 fully saturated rings. The Hall–Kier alpha value is -1.79. The molecule has 0 spiro atoms. The van der Waals surface area contributed by atoms with Crippen LogP contribution in [0.15, 0.2) is 18.2 Å². The van der Waals surface area contributed by atoms with Crippen molar-refractivity contribution in [3.63, 3.8) is 0 Å². The predicted octanol–water partition coefficient (Wildman–Crippen LogP) is 1.33. The van der Waals surface area contributed by atoms with Crippen molar-refractivity contribution in [3.05, 3.63) is 28.8 Å². The van der Waals surface area contributed by atoms with Gasteiger partial charge in [-0.3, -0.25) is 4.79 Å². The number of nitrogens with zero attached hydrogens (tertiary/aromatic N) is 1. The largest absolute Gasteiger partial charge is 0.449 e. The Labute approximate surface area is 127 Å². The van der Waals surface area contributed by atoms with Crippen LogP contribution in [0.5, 0.6) is 0 Å². The molecule has 1 atom stereocenters. The van der Waals surface area contributed by atoms with Crippen molar-refractivity contribution in [1.82, 2.24) is 4.90 Å². The molecule has 1 amide bonds. The fourth-order valence-corrected chi connectivity index (χ4v) is 2.28. The van der Waals surface area contributed by atoms with Crippen LogP contribution in [0.1, 0.15) is 17.3 Å². The number of esters is 1. The number of benzene rings is 1. The molecule has 1 aliphatic rings. The fourth-order valence-electron chi connectivity index (χ4n) is 2.01. The van der Waals surface area contributed by atoms with Crippen LogP contribution in [-0.4, -0.2) is 49.2 Å². The zero-order valence-corrected chi connectivity index (χ0v) is 12.4. The van der Waals surface area contributed by atoms with Crippen molar-refractivity contribution in [2.75, 3.05) is 32.0 Å². The molecule has 114 valence electrons. The first kappa shape index (κ1) is 15.6. The minimum atomic E-state index is -0.871. The summed E-state index contributed by atoms with van der Waals surface area (Å²) in [6, 6.07) is 4.50. The monoisotopic (exact) mass is 312 g/mol. The van der Waals surface area contributed by atoms with E-state index in [1.54, 1.807) is 17.9 Å². The van der Waals surface area contributed by atoms with Gasteiger partial charge in [-0.25, -0.2) is 4.79 Å². The molecule has 1 heterocycles. The number of ether oxygens (including phenoxy) is 2. The minimum Gasteiger partial charge on any atom is -0.449 e. The van der Waals surface area contributed by atoms with E-state index in [1.165, 1.54) is 12.1 Å². The van der Waals surface area contributed by atoms with Crippen LogP contribution in [0.25, 0.3) is 0 Å². The summed E-state index contributed by atoms with van der Waals surface area (Å²) >= 11 is 5.94. The van der Waals surface area contributed by atoms with E-state index in [2.05, 4.69) is 0 Å². The highest BCUT2D eigenvalue weighted by molar-refractivity contribution is 6.33. The Balaban J connectivity index is 1.99. The van der Waals surface area contributed by atoms with Gasteiger partial charge in [0.1, 0.15) is 0 Å². The van der Waals surface area contributed by atoms with Gasteiger partial charge in [0.05, 0.1) is 23.8 Å². The van der Waals surface area contributed by atoms with Crippen LogP contribution in [0, 0.1) is 0 Å². The van der Waals surface area contributed by atoms with Crippen molar-refractivity contribution in [2.45, 2.75) is 13.0 Å². The summed E-state index contributed by atoms with van der Waals surface area (Å²) < 4.78 is 10.4. The molecular formula is C14H17ClN2O4. The SMILES string of the molecule is CC(OC(=O)c1ccc(N)cc1Cl)C(=O)N1CCOCC1. The first-order chi connectivity index (χ1) is 9.99. The van der Waals surface area contributed by atoms with Crippen molar-refractivity contribution < 1.29 is 19.1 Å². The van der Waals surface area contributed by atoms with Crippen molar-refractivity contribution in [3.8, 4) is 0 Å². The number of morpholine rings is 1. The topological polar surface area (TPSA) is 81.9 Å². The van der Waals surface area contributed by atoms with E-state index in [0.29, 0.717) is 32.0 Å². The molecule has 0 saturated carbocycles. The maximum atomic E-state index is 12.1. The Morgan fingerprint density at radius 3 is 2.67 bits per heavy atom. The lowest BCUT2D eigenvalue weighted by molar-refractivity contribution is -0.143. The van der Waals surface area contributed by atoms with Crippen molar-refractivity contribution >= 4 is 29.2 Å². The lowest BCUT2D eigenvalue weighted by atomic mass is 10.2. The zero-order chi connectivity index (χ0) is 15.4. The van der Waals surface area contributed by atoms with Gasteiger partial charge in [0.2, 0.25) is 0 Å². The summed E-state index contributed by atoms with van der Waals surface area (Å²) in [5, 5.41) is 0.200. The van der Waals surface area contributed by atoms with E-state index < -0.39 is 12.1 Å². The lowest BCUT2D eigenvalue weighted by Crippen LogP contribution is -2.46.